The van der Waals surface area contributed by atoms with Crippen molar-refractivity contribution in [1.29, 1.82) is 0 Å². The predicted molar refractivity (Wildman–Crippen MR) is 32.1 cm³/mol. The van der Waals surface area contributed by atoms with E-state index in [0.717, 1.165) is 0 Å². The summed E-state index contributed by atoms with van der Waals surface area (Å²) in [4.78, 5) is 8.76. The molecule has 0 atom stereocenters. The van der Waals surface area contributed by atoms with Crippen molar-refractivity contribution in [3.05, 3.63) is 10.1 Å². The first kappa shape index (κ1) is 67.7. The van der Waals surface area contributed by atoms with Gasteiger partial charge in [-0.2, -0.15) is 0 Å². The molecule has 15 N–H and O–H groups in total. The molecule has 8 nitrogen and oxygen atoms in total. The van der Waals surface area contributed by atoms with Gasteiger partial charge >= 0.3 is 32.3 Å². The van der Waals surface area contributed by atoms with Crippen molar-refractivity contribution < 1.29 is 22.2 Å². The van der Waals surface area contributed by atoms with Crippen LogP contribution in [0.25, 0.3) is 0 Å². The maximum absolute atomic E-state index is 8.76. The zero-order valence-corrected chi connectivity index (χ0v) is 6.77. The Labute approximate surface area is 63.8 Å². The van der Waals surface area contributed by atoms with E-state index in [4.69, 9.17) is 10.1 Å². The van der Waals surface area contributed by atoms with Gasteiger partial charge in [0.2, 0.25) is 0 Å². The van der Waals surface area contributed by atoms with Gasteiger partial charge in [-0.15, -0.1) is 0 Å². The molecule has 0 saturated heterocycles. The quantitative estimate of drug-likeness (QED) is 0.227. The fraction of sp³-hybridized carbons (Fsp3) is 0. The molecule has 0 aromatic carbocycles. The van der Waals surface area contributed by atoms with Crippen LogP contribution in [0.5, 0.6) is 0 Å². The Hall–Kier alpha value is -0.177. The third-order valence-electron chi connectivity index (χ3n) is 0. The van der Waals surface area contributed by atoms with Gasteiger partial charge in [0.05, 0.1) is 0 Å². The molecule has 9 heteroatoms. The van der Waals surface area contributed by atoms with Crippen molar-refractivity contribution >= 4 is 0 Å². The standard InChI is InChI=1S/NO2.5H3N.Rh/c2-1-3;;;;;;/h;5*1H3;. The van der Waals surface area contributed by atoms with E-state index in [-0.39, 0.29) is 30.8 Å². The molecule has 0 unspecified atom stereocenters. The zero-order valence-electron chi connectivity index (χ0n) is 5.13. The van der Waals surface area contributed by atoms with Gasteiger partial charge in [0, 0.05) is 0 Å². The van der Waals surface area contributed by atoms with Crippen molar-refractivity contribution in [3.8, 4) is 0 Å². The molecule has 0 aromatic rings. The summed E-state index contributed by atoms with van der Waals surface area (Å²) < 4.78 is -0.610. The number of nitro groups is 1. The minimum absolute atomic E-state index is 0. The van der Waals surface area contributed by atoms with Crippen LogP contribution in [0.2, 0.25) is 0 Å². The summed E-state index contributed by atoms with van der Waals surface area (Å²) in [6.45, 7) is 0. The minimum atomic E-state index is -0.610. The third-order valence-corrected chi connectivity index (χ3v) is 0. The van der Waals surface area contributed by atoms with Gasteiger partial charge in [-0.05, 0) is 0 Å². The SMILES string of the molecule is N.N.N.N.N.O=[N+]([O-])[Rh]. The van der Waals surface area contributed by atoms with Crippen LogP contribution >= 0.6 is 0 Å². The first-order valence-corrected chi connectivity index (χ1v) is 1.25. The van der Waals surface area contributed by atoms with E-state index in [1.54, 1.807) is 0 Å². The van der Waals surface area contributed by atoms with Gasteiger partial charge in [0.25, 0.3) is 0 Å². The molecule has 0 saturated carbocycles. The van der Waals surface area contributed by atoms with Crippen LogP contribution in [0, 0.1) is 10.1 Å². The second-order valence-corrected chi connectivity index (χ2v) is 0.795. The van der Waals surface area contributed by atoms with Crippen LogP contribution in [-0.4, -0.2) is 3.67 Å². The Morgan fingerprint density at radius 2 is 1.00 bits per heavy atom. The molecule has 0 rings (SSSR count). The van der Waals surface area contributed by atoms with E-state index in [9.17, 15) is 0 Å². The first-order valence-electron chi connectivity index (χ1n) is 0.514. The molecule has 0 amide bonds. The Bertz CT molecular complexity index is 34.0. The van der Waals surface area contributed by atoms with Gasteiger partial charge < -0.3 is 30.8 Å². The van der Waals surface area contributed by atoms with Crippen molar-refractivity contribution in [3.63, 3.8) is 0 Å². The molecule has 66 valence electrons. The normalized spacial score (nSPS) is 2.89. The van der Waals surface area contributed by atoms with E-state index >= 15 is 0 Å². The third kappa shape index (κ3) is 8500. The summed E-state index contributed by atoms with van der Waals surface area (Å²) >= 11 is 1.54. The van der Waals surface area contributed by atoms with E-state index in [2.05, 4.69) is 0 Å². The second kappa shape index (κ2) is 45.7. The van der Waals surface area contributed by atoms with E-state index < -0.39 is 3.67 Å². The molecule has 0 bridgehead atoms. The molecular weight excluding hydrogens is 219 g/mol. The van der Waals surface area contributed by atoms with Crippen molar-refractivity contribution in [2.24, 2.45) is 0 Å². The Kier molecular flexibility index (Phi) is 344. The van der Waals surface area contributed by atoms with Gasteiger partial charge in [-0.3, -0.25) is 0 Å². The summed E-state index contributed by atoms with van der Waals surface area (Å²) in [6.07, 6.45) is 0. The van der Waals surface area contributed by atoms with Crippen molar-refractivity contribution in [1.82, 2.24) is 30.8 Å². The fourth-order valence-electron chi connectivity index (χ4n) is 0. The Morgan fingerprint density at radius 1 is 1.00 bits per heavy atom. The first-order chi connectivity index (χ1) is 1.73. The Balaban J connectivity index is -0.00000000450. The van der Waals surface area contributed by atoms with Gasteiger partial charge in [-0.1, -0.05) is 0 Å². The van der Waals surface area contributed by atoms with Crippen molar-refractivity contribution in [2.45, 2.75) is 0 Å². The molecule has 0 aliphatic heterocycles. The van der Waals surface area contributed by atoms with E-state index in [1.807, 2.05) is 0 Å². The van der Waals surface area contributed by atoms with Gasteiger partial charge in [-0.25, -0.2) is 0 Å². The van der Waals surface area contributed by atoms with Crippen LogP contribution in [0.15, 0.2) is 0 Å². The average Bonchev–Trinajstić information content (AvgIpc) is 0.811. The second-order valence-electron chi connectivity index (χ2n) is 0.196. The van der Waals surface area contributed by atoms with Gasteiger partial charge in [0.1, 0.15) is 0 Å². The van der Waals surface area contributed by atoms with E-state index in [0.29, 0.717) is 0 Å². The van der Waals surface area contributed by atoms with Crippen molar-refractivity contribution in [2.75, 3.05) is 0 Å². The van der Waals surface area contributed by atoms with Crippen LogP contribution < -0.4 is 30.8 Å². The molecule has 0 spiro atoms. The van der Waals surface area contributed by atoms with Crippen LogP contribution in [0.3, 0.4) is 0 Å². The molecule has 9 heavy (non-hydrogen) atoms. The fourth-order valence-corrected chi connectivity index (χ4v) is 0. The van der Waals surface area contributed by atoms with Crippen LogP contribution in [-0.2, 0) is 18.5 Å². The van der Waals surface area contributed by atoms with Crippen LogP contribution in [0.4, 0.5) is 0 Å². The Morgan fingerprint density at radius 3 is 1.00 bits per heavy atom. The van der Waals surface area contributed by atoms with Crippen LogP contribution in [0.1, 0.15) is 0 Å². The molecule has 0 radical (unpaired) electrons. The predicted octanol–water partition coefficient (Wildman–Crippen LogP) is 0.535. The maximum atomic E-state index is 8.76. The number of hydrogen-bond acceptors (Lipinski definition) is 7. The molecule has 0 aliphatic carbocycles. The summed E-state index contributed by atoms with van der Waals surface area (Å²) in [6, 6.07) is 0. The molecule has 0 heterocycles. The number of rotatable bonds is 0. The van der Waals surface area contributed by atoms with Gasteiger partial charge in [0.15, 0.2) is 0 Å². The zero-order chi connectivity index (χ0) is 3.58. The summed E-state index contributed by atoms with van der Waals surface area (Å²) in [5, 5.41) is 8.76. The molecular formula is H15N6O2Rh. The molecule has 0 fully saturated rings. The summed E-state index contributed by atoms with van der Waals surface area (Å²) in [5.74, 6) is 0. The summed E-state index contributed by atoms with van der Waals surface area (Å²) in [7, 11) is 0. The monoisotopic (exact) mass is 234 g/mol. The average molecular weight is 234 g/mol. The van der Waals surface area contributed by atoms with E-state index in [1.165, 1.54) is 18.5 Å². The molecule has 0 aromatic heterocycles. The number of hydrogen-bond donors (Lipinski definition) is 5. The number of nitrogens with zero attached hydrogens (tertiary/aromatic N) is 1. The topological polar surface area (TPSA) is 218 Å². The molecule has 0 aliphatic rings. The summed E-state index contributed by atoms with van der Waals surface area (Å²) in [5.41, 5.74) is 0.